The number of hydrogen-bond donors (Lipinski definition) is 9. The Hall–Kier alpha value is -3.95. The van der Waals surface area contributed by atoms with Crippen LogP contribution in [-0.2, 0) is 28.8 Å². The maximum atomic E-state index is 13.0. The van der Waals surface area contributed by atoms with Gasteiger partial charge in [-0.15, -0.1) is 0 Å². The number of rotatable bonds is 17. The Morgan fingerprint density at radius 2 is 1.31 bits per heavy atom. The third-order valence-corrected chi connectivity index (χ3v) is 4.90. The van der Waals surface area contributed by atoms with E-state index < -0.39 is 66.2 Å². The number of nitrogens with zero attached hydrogens (tertiary/aromatic N) is 1. The second-order valence-corrected chi connectivity index (χ2v) is 8.34. The maximum Gasteiger partial charge on any atom is 0.326 e. The summed E-state index contributed by atoms with van der Waals surface area (Å²) in [4.78, 5) is 75.4. The summed E-state index contributed by atoms with van der Waals surface area (Å²) in [5, 5.41) is 24.9. The number of aliphatic carboxylic acids is 2. The van der Waals surface area contributed by atoms with Crippen LogP contribution >= 0.6 is 0 Å². The number of nitrogens with two attached hydrogens (primary N) is 4. The molecular formula is C20H36N8O8. The fraction of sp³-hybridized carbons (Fsp3) is 0.650. The van der Waals surface area contributed by atoms with Crippen LogP contribution in [0.25, 0.3) is 0 Å². The molecule has 4 atom stereocenters. The van der Waals surface area contributed by atoms with Crippen LogP contribution in [0.15, 0.2) is 4.99 Å². The minimum absolute atomic E-state index is 0.0418. The molecule has 36 heavy (non-hydrogen) atoms. The Kier molecular flexibility index (Phi) is 14.1. The summed E-state index contributed by atoms with van der Waals surface area (Å²) in [7, 11) is 0. The van der Waals surface area contributed by atoms with Crippen molar-refractivity contribution in [1.82, 2.24) is 16.0 Å². The largest absolute Gasteiger partial charge is 0.481 e. The molecule has 0 aromatic carbocycles. The molecule has 13 N–H and O–H groups in total. The molecule has 0 fully saturated rings. The minimum Gasteiger partial charge on any atom is -0.481 e. The van der Waals surface area contributed by atoms with E-state index in [2.05, 4.69) is 15.6 Å². The Morgan fingerprint density at radius 1 is 0.806 bits per heavy atom. The number of primary amides is 1. The van der Waals surface area contributed by atoms with Crippen LogP contribution in [0.2, 0.25) is 0 Å². The van der Waals surface area contributed by atoms with Crippen LogP contribution in [0.4, 0.5) is 0 Å². The summed E-state index contributed by atoms with van der Waals surface area (Å²) in [6.07, 6.45) is -1.29. The van der Waals surface area contributed by atoms with Crippen LogP contribution in [0.1, 0.15) is 46.0 Å². The van der Waals surface area contributed by atoms with E-state index in [1.165, 1.54) is 0 Å². The molecule has 4 unspecified atom stereocenters. The van der Waals surface area contributed by atoms with E-state index in [1.54, 1.807) is 13.8 Å². The van der Waals surface area contributed by atoms with Gasteiger partial charge in [-0.3, -0.25) is 29.0 Å². The number of amides is 4. The summed E-state index contributed by atoms with van der Waals surface area (Å²) in [6.45, 7) is 3.55. The summed E-state index contributed by atoms with van der Waals surface area (Å²) in [5.74, 6) is -6.82. The number of carbonyl (C=O) groups is 6. The SMILES string of the molecule is CC(C)C(N)C(=O)NC(CCCN=C(N)N)C(=O)NC(CCC(N)=O)C(=O)NC(CC(=O)O)C(=O)O. The zero-order valence-corrected chi connectivity index (χ0v) is 20.2. The highest BCUT2D eigenvalue weighted by Crippen LogP contribution is 2.06. The second kappa shape index (κ2) is 15.9. The average Bonchev–Trinajstić information content (AvgIpc) is 2.76. The van der Waals surface area contributed by atoms with E-state index in [0.717, 1.165) is 0 Å². The molecule has 16 nitrogen and oxygen atoms in total. The number of nitrogens with one attached hydrogen (secondary N) is 3. The fourth-order valence-electron chi connectivity index (χ4n) is 2.82. The van der Waals surface area contributed by atoms with Crippen molar-refractivity contribution in [3.8, 4) is 0 Å². The van der Waals surface area contributed by atoms with Crippen molar-refractivity contribution in [2.24, 2.45) is 33.8 Å². The smallest absolute Gasteiger partial charge is 0.326 e. The number of aliphatic imine (C=N–C) groups is 1. The maximum absolute atomic E-state index is 13.0. The van der Waals surface area contributed by atoms with Gasteiger partial charge >= 0.3 is 11.9 Å². The summed E-state index contributed by atoms with van der Waals surface area (Å²) >= 11 is 0. The lowest BCUT2D eigenvalue weighted by atomic mass is 10.0. The molecule has 0 saturated heterocycles. The van der Waals surface area contributed by atoms with Crippen molar-refractivity contribution >= 4 is 41.5 Å². The van der Waals surface area contributed by atoms with Crippen LogP contribution < -0.4 is 38.9 Å². The van der Waals surface area contributed by atoms with Gasteiger partial charge in [-0.25, -0.2) is 4.79 Å². The molecule has 204 valence electrons. The van der Waals surface area contributed by atoms with Gasteiger partial charge in [0.05, 0.1) is 12.5 Å². The number of guanidine groups is 1. The summed E-state index contributed by atoms with van der Waals surface area (Å²) in [5.41, 5.74) is 21.5. The van der Waals surface area contributed by atoms with Gasteiger partial charge in [0.1, 0.15) is 18.1 Å². The zero-order chi connectivity index (χ0) is 28.0. The number of carboxylic acid groups (broad SMARTS) is 2. The Bertz CT molecular complexity index is 844. The molecule has 0 spiro atoms. The lowest BCUT2D eigenvalue weighted by Crippen LogP contribution is -2.57. The number of carboxylic acids is 2. The lowest BCUT2D eigenvalue weighted by molar-refractivity contribution is -0.147. The number of hydrogen-bond acceptors (Lipinski definition) is 8. The zero-order valence-electron chi connectivity index (χ0n) is 20.2. The van der Waals surface area contributed by atoms with Gasteiger partial charge < -0.3 is 49.1 Å². The first-order valence-electron chi connectivity index (χ1n) is 11.1. The highest BCUT2D eigenvalue weighted by Gasteiger charge is 2.31. The molecule has 4 amide bonds. The molecule has 16 heteroatoms. The minimum atomic E-state index is -1.79. The van der Waals surface area contributed by atoms with Gasteiger partial charge in [0.2, 0.25) is 23.6 Å². The van der Waals surface area contributed by atoms with E-state index in [1.807, 2.05) is 5.32 Å². The van der Waals surface area contributed by atoms with Crippen molar-refractivity contribution < 1.29 is 39.0 Å². The average molecular weight is 517 g/mol. The predicted octanol–water partition coefficient (Wildman–Crippen LogP) is -3.70. The third kappa shape index (κ3) is 13.1. The first-order valence-corrected chi connectivity index (χ1v) is 11.1. The van der Waals surface area contributed by atoms with Crippen molar-refractivity contribution in [2.45, 2.75) is 70.1 Å². The monoisotopic (exact) mass is 516 g/mol. The van der Waals surface area contributed by atoms with Crippen LogP contribution in [0.5, 0.6) is 0 Å². The molecule has 0 bridgehead atoms. The standard InChI is InChI=1S/C20H36N8O8/c1-9(2)15(22)18(34)27-10(4-3-7-25-20(23)24)16(32)26-11(5-6-13(21)29)17(33)28-12(19(35)36)8-14(30)31/h9-12,15H,3-8,22H2,1-2H3,(H2,21,29)(H,26,32)(H,27,34)(H,28,33)(H,30,31)(H,35,36)(H4,23,24,25). The molecule has 0 aromatic rings. The van der Waals surface area contributed by atoms with Gasteiger partial charge in [-0.2, -0.15) is 0 Å². The molecule has 0 heterocycles. The summed E-state index contributed by atoms with van der Waals surface area (Å²) in [6, 6.07) is -5.37. The third-order valence-electron chi connectivity index (χ3n) is 4.90. The molecule has 0 saturated carbocycles. The molecule has 0 rings (SSSR count). The molecule has 0 radical (unpaired) electrons. The Balaban J connectivity index is 5.70. The van der Waals surface area contributed by atoms with E-state index in [9.17, 15) is 28.8 Å². The molecule has 0 aliphatic carbocycles. The van der Waals surface area contributed by atoms with Crippen molar-refractivity contribution in [2.75, 3.05) is 6.54 Å². The quantitative estimate of drug-likeness (QED) is 0.0514. The predicted molar refractivity (Wildman–Crippen MR) is 127 cm³/mol. The van der Waals surface area contributed by atoms with E-state index in [0.29, 0.717) is 0 Å². The van der Waals surface area contributed by atoms with Gasteiger partial charge in [-0.05, 0) is 25.2 Å². The second-order valence-electron chi connectivity index (χ2n) is 8.34. The van der Waals surface area contributed by atoms with Gasteiger partial charge in [0.25, 0.3) is 0 Å². The lowest BCUT2D eigenvalue weighted by Gasteiger charge is -2.25. The summed E-state index contributed by atoms with van der Waals surface area (Å²) < 4.78 is 0. The molecule has 0 aromatic heterocycles. The van der Waals surface area contributed by atoms with Crippen molar-refractivity contribution in [3.05, 3.63) is 0 Å². The Labute approximate surface area is 207 Å². The Morgan fingerprint density at radius 3 is 1.75 bits per heavy atom. The van der Waals surface area contributed by atoms with Crippen molar-refractivity contribution in [3.63, 3.8) is 0 Å². The highest BCUT2D eigenvalue weighted by molar-refractivity contribution is 5.95. The van der Waals surface area contributed by atoms with Gasteiger partial charge in [0.15, 0.2) is 5.96 Å². The molecular weight excluding hydrogens is 480 g/mol. The normalized spacial score (nSPS) is 14.0. The topological polar surface area (TPSA) is 295 Å². The first kappa shape index (κ1) is 32.0. The highest BCUT2D eigenvalue weighted by atomic mass is 16.4. The van der Waals surface area contributed by atoms with Crippen LogP contribution in [-0.4, -0.2) is 82.5 Å². The van der Waals surface area contributed by atoms with E-state index in [4.69, 9.17) is 33.1 Å². The first-order chi connectivity index (χ1) is 16.6. The van der Waals surface area contributed by atoms with Gasteiger partial charge in [0, 0.05) is 13.0 Å². The molecule has 0 aliphatic rings. The van der Waals surface area contributed by atoms with Crippen LogP contribution in [0.3, 0.4) is 0 Å². The van der Waals surface area contributed by atoms with Crippen molar-refractivity contribution in [1.29, 1.82) is 0 Å². The number of carbonyl (C=O) groups excluding carboxylic acids is 4. The molecule has 0 aliphatic heterocycles. The van der Waals surface area contributed by atoms with E-state index >= 15 is 0 Å². The fourth-order valence-corrected chi connectivity index (χ4v) is 2.82. The van der Waals surface area contributed by atoms with Crippen LogP contribution in [0, 0.1) is 5.92 Å². The van der Waals surface area contributed by atoms with Gasteiger partial charge in [-0.1, -0.05) is 13.8 Å². The van der Waals surface area contributed by atoms with E-state index in [-0.39, 0.29) is 44.1 Å².